The molecule has 0 aliphatic carbocycles. The summed E-state index contributed by atoms with van der Waals surface area (Å²) in [4.78, 5) is 1.95. The lowest BCUT2D eigenvalue weighted by molar-refractivity contribution is 0.198. The van der Waals surface area contributed by atoms with Crippen molar-refractivity contribution in [1.29, 1.82) is 0 Å². The van der Waals surface area contributed by atoms with Crippen LogP contribution in [0.5, 0.6) is 0 Å². The fourth-order valence-corrected chi connectivity index (χ4v) is 2.68. The second kappa shape index (κ2) is 4.04. The Bertz CT molecular complexity index is 487. The molecule has 1 unspecified atom stereocenters. The van der Waals surface area contributed by atoms with E-state index in [0.29, 0.717) is 25.2 Å². The molecule has 1 aliphatic heterocycles. The largest absolute Gasteiger partial charge is 0.391 e. The van der Waals surface area contributed by atoms with Crippen LogP contribution in [-0.2, 0) is 10.0 Å². The molecule has 0 radical (unpaired) electrons. The number of para-hydroxylation sites is 1. The standard InChI is InChI=1S/C10H14N2O3S/c11-16(14,15)10-4-2-1-3-9(10)12-6-5-8(13)7-12/h1-4,8,13H,5-7H2,(H2,11,14,15). The van der Waals surface area contributed by atoms with Gasteiger partial charge in [-0.05, 0) is 18.6 Å². The van der Waals surface area contributed by atoms with Gasteiger partial charge in [0.05, 0.1) is 11.8 Å². The summed E-state index contributed by atoms with van der Waals surface area (Å²) >= 11 is 0. The predicted octanol–water partition coefficient (Wildman–Crippen LogP) is -0.0950. The van der Waals surface area contributed by atoms with Gasteiger partial charge in [-0.3, -0.25) is 0 Å². The fourth-order valence-electron chi connectivity index (χ4n) is 1.92. The fraction of sp³-hybridized carbons (Fsp3) is 0.400. The molecule has 6 heteroatoms. The molecule has 1 saturated heterocycles. The van der Waals surface area contributed by atoms with Gasteiger partial charge in [0.2, 0.25) is 10.0 Å². The maximum absolute atomic E-state index is 11.4. The molecule has 16 heavy (non-hydrogen) atoms. The van der Waals surface area contributed by atoms with Gasteiger partial charge in [0.15, 0.2) is 0 Å². The third-order valence-electron chi connectivity index (χ3n) is 2.68. The van der Waals surface area contributed by atoms with Gasteiger partial charge in [-0.15, -0.1) is 0 Å². The highest BCUT2D eigenvalue weighted by Gasteiger charge is 2.24. The van der Waals surface area contributed by atoms with Gasteiger partial charge in [0.25, 0.3) is 0 Å². The highest BCUT2D eigenvalue weighted by Crippen LogP contribution is 2.27. The van der Waals surface area contributed by atoms with Crippen LogP contribution in [0.25, 0.3) is 0 Å². The van der Waals surface area contributed by atoms with Gasteiger partial charge in [-0.2, -0.15) is 0 Å². The number of nitrogens with zero attached hydrogens (tertiary/aromatic N) is 1. The number of primary sulfonamides is 1. The number of sulfonamides is 1. The van der Waals surface area contributed by atoms with E-state index in [1.54, 1.807) is 18.2 Å². The van der Waals surface area contributed by atoms with Crippen molar-refractivity contribution in [2.45, 2.75) is 17.4 Å². The topological polar surface area (TPSA) is 83.6 Å². The summed E-state index contributed by atoms with van der Waals surface area (Å²) in [5, 5.41) is 14.6. The second-order valence-corrected chi connectivity index (χ2v) is 5.43. The maximum atomic E-state index is 11.4. The number of hydrogen-bond acceptors (Lipinski definition) is 4. The van der Waals surface area contributed by atoms with Crippen molar-refractivity contribution in [3.63, 3.8) is 0 Å². The Hall–Kier alpha value is -1.11. The Morgan fingerprint density at radius 2 is 2.06 bits per heavy atom. The number of aliphatic hydroxyl groups is 1. The second-order valence-electron chi connectivity index (χ2n) is 3.90. The lowest BCUT2D eigenvalue weighted by Crippen LogP contribution is -2.24. The first kappa shape index (κ1) is 11.4. The number of hydrogen-bond donors (Lipinski definition) is 2. The molecule has 1 fully saturated rings. The van der Waals surface area contributed by atoms with Crippen LogP contribution in [0.1, 0.15) is 6.42 Å². The number of β-amino-alcohol motifs (C(OH)–C–C–N with tert-alkyl or cyclic N) is 1. The Balaban J connectivity index is 2.41. The monoisotopic (exact) mass is 242 g/mol. The van der Waals surface area contributed by atoms with Crippen LogP contribution in [-0.4, -0.2) is 32.7 Å². The molecule has 1 aliphatic rings. The average molecular weight is 242 g/mol. The van der Waals surface area contributed by atoms with E-state index in [0.717, 1.165) is 0 Å². The number of aliphatic hydroxyl groups excluding tert-OH is 1. The number of nitrogens with two attached hydrogens (primary N) is 1. The predicted molar refractivity (Wildman–Crippen MR) is 60.7 cm³/mol. The molecule has 0 bridgehead atoms. The van der Waals surface area contributed by atoms with Crippen LogP contribution in [0.3, 0.4) is 0 Å². The van der Waals surface area contributed by atoms with Crippen molar-refractivity contribution in [1.82, 2.24) is 0 Å². The molecule has 0 amide bonds. The first-order valence-electron chi connectivity index (χ1n) is 5.03. The van der Waals surface area contributed by atoms with E-state index in [4.69, 9.17) is 5.14 Å². The zero-order valence-corrected chi connectivity index (χ0v) is 9.52. The third kappa shape index (κ3) is 2.18. The summed E-state index contributed by atoms with van der Waals surface area (Å²) < 4.78 is 22.8. The summed E-state index contributed by atoms with van der Waals surface area (Å²) in [5.41, 5.74) is 0.571. The van der Waals surface area contributed by atoms with E-state index in [9.17, 15) is 13.5 Å². The van der Waals surface area contributed by atoms with Crippen molar-refractivity contribution >= 4 is 15.7 Å². The normalized spacial score (nSPS) is 21.4. The Labute approximate surface area is 94.5 Å². The Morgan fingerprint density at radius 1 is 1.38 bits per heavy atom. The van der Waals surface area contributed by atoms with E-state index in [2.05, 4.69) is 0 Å². The van der Waals surface area contributed by atoms with Crippen LogP contribution in [0.4, 0.5) is 5.69 Å². The molecule has 1 aromatic carbocycles. The minimum atomic E-state index is -3.71. The highest BCUT2D eigenvalue weighted by molar-refractivity contribution is 7.89. The Kier molecular flexibility index (Phi) is 2.88. The van der Waals surface area contributed by atoms with Crippen molar-refractivity contribution in [2.24, 2.45) is 5.14 Å². The number of benzene rings is 1. The molecule has 5 nitrogen and oxygen atoms in total. The summed E-state index contributed by atoms with van der Waals surface area (Å²) in [6, 6.07) is 6.58. The van der Waals surface area contributed by atoms with Gasteiger partial charge in [-0.25, -0.2) is 13.6 Å². The van der Waals surface area contributed by atoms with Gasteiger partial charge < -0.3 is 10.0 Å². The summed E-state index contributed by atoms with van der Waals surface area (Å²) in [6.45, 7) is 1.10. The molecular weight excluding hydrogens is 228 g/mol. The quantitative estimate of drug-likeness (QED) is 0.759. The molecule has 88 valence electrons. The lowest BCUT2D eigenvalue weighted by Gasteiger charge is -2.20. The summed E-state index contributed by atoms with van der Waals surface area (Å²) in [7, 11) is -3.71. The molecule has 3 N–H and O–H groups in total. The smallest absolute Gasteiger partial charge is 0.240 e. The maximum Gasteiger partial charge on any atom is 0.240 e. The SMILES string of the molecule is NS(=O)(=O)c1ccccc1N1CCC(O)C1. The Morgan fingerprint density at radius 3 is 2.62 bits per heavy atom. The van der Waals surface area contributed by atoms with Crippen LogP contribution < -0.4 is 10.0 Å². The van der Waals surface area contributed by atoms with Crippen LogP contribution in [0.15, 0.2) is 29.2 Å². The number of rotatable bonds is 2. The third-order valence-corrected chi connectivity index (χ3v) is 3.63. The van der Waals surface area contributed by atoms with Crippen LogP contribution in [0.2, 0.25) is 0 Å². The van der Waals surface area contributed by atoms with Crippen LogP contribution in [0, 0.1) is 0 Å². The van der Waals surface area contributed by atoms with Crippen molar-refractivity contribution in [3.8, 4) is 0 Å². The minimum Gasteiger partial charge on any atom is -0.391 e. The van der Waals surface area contributed by atoms with E-state index >= 15 is 0 Å². The molecule has 1 atom stereocenters. The molecule has 2 rings (SSSR count). The van der Waals surface area contributed by atoms with E-state index in [-0.39, 0.29) is 4.90 Å². The number of anilines is 1. The van der Waals surface area contributed by atoms with Gasteiger partial charge in [-0.1, -0.05) is 12.1 Å². The van der Waals surface area contributed by atoms with Gasteiger partial charge in [0.1, 0.15) is 4.90 Å². The van der Waals surface area contributed by atoms with Crippen molar-refractivity contribution in [3.05, 3.63) is 24.3 Å². The first-order valence-corrected chi connectivity index (χ1v) is 6.58. The molecular formula is C10H14N2O3S. The highest BCUT2D eigenvalue weighted by atomic mass is 32.2. The minimum absolute atomic E-state index is 0.115. The van der Waals surface area contributed by atoms with Crippen molar-refractivity contribution < 1.29 is 13.5 Å². The van der Waals surface area contributed by atoms with Gasteiger partial charge >= 0.3 is 0 Å². The molecule has 1 heterocycles. The van der Waals surface area contributed by atoms with E-state index < -0.39 is 16.1 Å². The molecule has 0 spiro atoms. The molecule has 0 aromatic heterocycles. The summed E-state index contributed by atoms with van der Waals surface area (Å²) in [6.07, 6.45) is 0.257. The van der Waals surface area contributed by atoms with E-state index in [1.165, 1.54) is 6.07 Å². The lowest BCUT2D eigenvalue weighted by atomic mass is 10.3. The zero-order valence-electron chi connectivity index (χ0n) is 8.70. The van der Waals surface area contributed by atoms with Crippen LogP contribution >= 0.6 is 0 Å². The molecule has 1 aromatic rings. The van der Waals surface area contributed by atoms with E-state index in [1.807, 2.05) is 4.90 Å². The zero-order chi connectivity index (χ0) is 11.8. The average Bonchev–Trinajstić information content (AvgIpc) is 2.64. The summed E-state index contributed by atoms with van der Waals surface area (Å²) in [5.74, 6) is 0. The molecule has 0 saturated carbocycles. The van der Waals surface area contributed by atoms with Crippen molar-refractivity contribution in [2.75, 3.05) is 18.0 Å². The van der Waals surface area contributed by atoms with Gasteiger partial charge in [0, 0.05) is 13.1 Å². The first-order chi connectivity index (χ1) is 7.48.